The molecule has 0 unspecified atom stereocenters. The number of nitrogens with one attached hydrogen (secondary N) is 2. The summed E-state index contributed by atoms with van der Waals surface area (Å²) in [6.45, 7) is 3.78. The first-order valence-corrected chi connectivity index (χ1v) is 10.5. The first-order valence-electron chi connectivity index (χ1n) is 10.1. The van der Waals surface area contributed by atoms with Gasteiger partial charge >= 0.3 is 0 Å². The molecule has 8 nitrogen and oxygen atoms in total. The van der Waals surface area contributed by atoms with Crippen molar-refractivity contribution in [3.63, 3.8) is 0 Å². The van der Waals surface area contributed by atoms with Gasteiger partial charge in [-0.15, -0.1) is 0 Å². The number of halogens is 2. The van der Waals surface area contributed by atoms with Crippen molar-refractivity contribution in [3.8, 4) is 17.1 Å². The quantitative estimate of drug-likeness (QED) is 0.324. The average Bonchev–Trinajstić information content (AvgIpc) is 3.31. The van der Waals surface area contributed by atoms with Gasteiger partial charge in [0.15, 0.2) is 5.76 Å². The maximum Gasteiger partial charge on any atom is 0.243 e. The average molecular weight is 480 g/mol. The minimum atomic E-state index is -0.326. The maximum absolute atomic E-state index is 13.3. The Morgan fingerprint density at radius 2 is 2.12 bits per heavy atom. The number of ether oxygens (including phenoxy) is 1. The lowest BCUT2D eigenvalue weighted by Crippen LogP contribution is -2.19. The van der Waals surface area contributed by atoms with E-state index in [1.54, 1.807) is 42.6 Å². The smallest absolute Gasteiger partial charge is 0.243 e. The van der Waals surface area contributed by atoms with E-state index >= 15 is 0 Å². The van der Waals surface area contributed by atoms with Gasteiger partial charge in [-0.1, -0.05) is 35.5 Å². The number of amides is 1. The van der Waals surface area contributed by atoms with Crippen LogP contribution in [0.1, 0.15) is 11.3 Å². The molecule has 2 aromatic heterocycles. The molecule has 4 aromatic rings. The van der Waals surface area contributed by atoms with Crippen LogP contribution in [0.15, 0.2) is 78.2 Å². The van der Waals surface area contributed by atoms with Crippen LogP contribution in [0.2, 0.25) is 5.02 Å². The van der Waals surface area contributed by atoms with Gasteiger partial charge in [0.1, 0.15) is 36.0 Å². The highest BCUT2D eigenvalue weighted by Crippen LogP contribution is 2.32. The van der Waals surface area contributed by atoms with Crippen LogP contribution in [0, 0.1) is 5.82 Å². The van der Waals surface area contributed by atoms with Gasteiger partial charge in [-0.2, -0.15) is 0 Å². The van der Waals surface area contributed by atoms with Gasteiger partial charge in [0.2, 0.25) is 5.91 Å². The Balaban J connectivity index is 1.46. The predicted molar refractivity (Wildman–Crippen MR) is 125 cm³/mol. The van der Waals surface area contributed by atoms with Crippen molar-refractivity contribution in [2.45, 2.75) is 13.2 Å². The second-order valence-electron chi connectivity index (χ2n) is 7.08. The van der Waals surface area contributed by atoms with Gasteiger partial charge in [0.05, 0.1) is 17.1 Å². The molecule has 0 aliphatic carbocycles. The Bertz CT molecular complexity index is 1330. The highest BCUT2D eigenvalue weighted by Gasteiger charge is 2.14. The molecule has 0 bridgehead atoms. The highest BCUT2D eigenvalue weighted by molar-refractivity contribution is 6.32. The lowest BCUT2D eigenvalue weighted by molar-refractivity contribution is -0.116. The molecule has 34 heavy (non-hydrogen) atoms. The first kappa shape index (κ1) is 22.9. The van der Waals surface area contributed by atoms with Crippen LogP contribution in [0.4, 0.5) is 15.9 Å². The van der Waals surface area contributed by atoms with E-state index < -0.39 is 0 Å². The second kappa shape index (κ2) is 10.6. The summed E-state index contributed by atoms with van der Waals surface area (Å²) >= 11 is 6.38. The van der Waals surface area contributed by atoms with E-state index in [1.165, 1.54) is 24.5 Å². The van der Waals surface area contributed by atoms with Crippen molar-refractivity contribution < 1.29 is 18.4 Å². The fraction of sp³-hybridized carbons (Fsp3) is 0.0833. The largest absolute Gasteiger partial charge is 0.487 e. The lowest BCUT2D eigenvalue weighted by atomic mass is 10.2. The highest BCUT2D eigenvalue weighted by atomic mass is 35.5. The zero-order chi connectivity index (χ0) is 23.9. The third kappa shape index (κ3) is 5.76. The van der Waals surface area contributed by atoms with E-state index in [9.17, 15) is 9.18 Å². The van der Waals surface area contributed by atoms with Crippen LogP contribution >= 0.6 is 11.6 Å². The number of benzene rings is 2. The Morgan fingerprint density at radius 1 is 1.24 bits per heavy atom. The number of nitrogens with zero attached hydrogens (tertiary/aromatic N) is 3. The number of rotatable bonds is 9. The van der Waals surface area contributed by atoms with Gasteiger partial charge in [-0.25, -0.2) is 14.4 Å². The maximum atomic E-state index is 13.3. The standard InChI is InChI=1S/C24H19ClFN5O3/c1-2-23(32)28-11-18-10-22(34-31-18)19-12-27-14-29-24(19)30-17-6-7-21(20(25)9-17)33-13-15-4-3-5-16(26)8-15/h2-10,12,14H,1,11,13H2,(H,28,32)(H,27,29,30). The zero-order valence-corrected chi connectivity index (χ0v) is 18.6. The van der Waals surface area contributed by atoms with E-state index in [4.69, 9.17) is 20.9 Å². The predicted octanol–water partition coefficient (Wildman–Crippen LogP) is 5.05. The number of hydrogen-bond donors (Lipinski definition) is 2. The zero-order valence-electron chi connectivity index (χ0n) is 17.8. The SMILES string of the molecule is C=CC(=O)NCc1cc(-c2cncnc2Nc2ccc(OCc3cccc(F)c3)c(Cl)c2)on1. The number of hydrogen-bond acceptors (Lipinski definition) is 7. The van der Waals surface area contributed by atoms with Gasteiger partial charge < -0.3 is 19.9 Å². The van der Waals surface area contributed by atoms with Crippen molar-refractivity contribution in [1.82, 2.24) is 20.4 Å². The molecule has 2 heterocycles. The molecule has 0 atom stereocenters. The molecule has 0 fully saturated rings. The lowest BCUT2D eigenvalue weighted by Gasteiger charge is -2.12. The van der Waals surface area contributed by atoms with E-state index in [-0.39, 0.29) is 24.9 Å². The fourth-order valence-corrected chi connectivity index (χ4v) is 3.24. The topological polar surface area (TPSA) is 102 Å². The molecule has 10 heteroatoms. The van der Waals surface area contributed by atoms with Crippen LogP contribution < -0.4 is 15.4 Å². The number of aromatic nitrogens is 3. The summed E-state index contributed by atoms with van der Waals surface area (Å²) in [6, 6.07) is 13.0. The van der Waals surface area contributed by atoms with E-state index in [2.05, 4.69) is 32.3 Å². The molecule has 2 aromatic carbocycles. The van der Waals surface area contributed by atoms with Crippen molar-refractivity contribution in [2.75, 3.05) is 5.32 Å². The van der Waals surface area contributed by atoms with Crippen LogP contribution in [0.5, 0.6) is 5.75 Å². The van der Waals surface area contributed by atoms with Crippen molar-refractivity contribution in [1.29, 1.82) is 0 Å². The molecule has 2 N–H and O–H groups in total. The Kier molecular flexibility index (Phi) is 7.14. The van der Waals surface area contributed by atoms with Crippen molar-refractivity contribution in [2.24, 2.45) is 0 Å². The molecule has 0 spiro atoms. The van der Waals surface area contributed by atoms with Gasteiger partial charge in [-0.3, -0.25) is 4.79 Å². The number of anilines is 2. The molecule has 0 aliphatic heterocycles. The molecule has 1 amide bonds. The second-order valence-corrected chi connectivity index (χ2v) is 7.49. The Morgan fingerprint density at radius 3 is 2.91 bits per heavy atom. The van der Waals surface area contributed by atoms with E-state index in [0.717, 1.165) is 0 Å². The summed E-state index contributed by atoms with van der Waals surface area (Å²) in [7, 11) is 0. The molecule has 172 valence electrons. The number of carbonyl (C=O) groups excluding carboxylic acids is 1. The van der Waals surface area contributed by atoms with Gasteiger partial charge in [0.25, 0.3) is 0 Å². The third-order valence-electron chi connectivity index (χ3n) is 4.64. The minimum Gasteiger partial charge on any atom is -0.487 e. The fourth-order valence-electron chi connectivity index (χ4n) is 3.00. The third-order valence-corrected chi connectivity index (χ3v) is 4.94. The van der Waals surface area contributed by atoms with E-state index in [0.29, 0.717) is 44.9 Å². The van der Waals surface area contributed by atoms with Crippen LogP contribution in [0.25, 0.3) is 11.3 Å². The Labute approximate surface area is 199 Å². The van der Waals surface area contributed by atoms with Crippen LogP contribution in [-0.2, 0) is 17.9 Å². The molecule has 0 saturated carbocycles. The van der Waals surface area contributed by atoms with Crippen LogP contribution in [-0.4, -0.2) is 21.0 Å². The Hall–Kier alpha value is -4.24. The number of carbonyl (C=O) groups is 1. The molecular formula is C24H19ClFN5O3. The minimum absolute atomic E-state index is 0.182. The summed E-state index contributed by atoms with van der Waals surface area (Å²) in [5.74, 6) is 0.716. The van der Waals surface area contributed by atoms with Crippen molar-refractivity contribution >= 4 is 29.0 Å². The van der Waals surface area contributed by atoms with Crippen LogP contribution in [0.3, 0.4) is 0 Å². The molecule has 0 radical (unpaired) electrons. The summed E-state index contributed by atoms with van der Waals surface area (Å²) < 4.78 is 24.5. The van der Waals surface area contributed by atoms with Crippen molar-refractivity contribution in [3.05, 3.63) is 95.8 Å². The van der Waals surface area contributed by atoms with E-state index in [1.807, 2.05) is 0 Å². The normalized spacial score (nSPS) is 10.5. The summed E-state index contributed by atoms with van der Waals surface area (Å²) in [5.41, 5.74) is 2.45. The molecule has 0 saturated heterocycles. The molecule has 0 aliphatic rings. The first-order chi connectivity index (χ1) is 16.5. The van der Waals surface area contributed by atoms with Gasteiger partial charge in [-0.05, 0) is 42.0 Å². The molecule has 4 rings (SSSR count). The van der Waals surface area contributed by atoms with Gasteiger partial charge in [0, 0.05) is 18.0 Å². The summed E-state index contributed by atoms with van der Waals surface area (Å²) in [5, 5.41) is 10.1. The molecular weight excluding hydrogens is 461 g/mol. The summed E-state index contributed by atoms with van der Waals surface area (Å²) in [6.07, 6.45) is 4.16. The monoisotopic (exact) mass is 479 g/mol. The summed E-state index contributed by atoms with van der Waals surface area (Å²) in [4.78, 5) is 19.7.